The molecule has 0 saturated heterocycles. The van der Waals surface area contributed by atoms with Crippen LogP contribution < -0.4 is 10.6 Å². The number of halogens is 3. The number of nitrogens with one attached hydrogen (secondary N) is 2. The van der Waals surface area contributed by atoms with Gasteiger partial charge in [-0.15, -0.1) is 0 Å². The predicted molar refractivity (Wildman–Crippen MR) is 100 cm³/mol. The Morgan fingerprint density at radius 3 is 2.52 bits per heavy atom. The lowest BCUT2D eigenvalue weighted by Gasteiger charge is -2.36. The van der Waals surface area contributed by atoms with Crippen LogP contribution in [0.3, 0.4) is 0 Å². The van der Waals surface area contributed by atoms with Gasteiger partial charge in [0, 0.05) is 23.5 Å². The normalized spacial score (nSPS) is 19.2. The van der Waals surface area contributed by atoms with Crippen LogP contribution in [0.25, 0.3) is 0 Å². The Kier molecular flexibility index (Phi) is 4.77. The lowest BCUT2D eigenvalue weighted by atomic mass is 9.94. The topological polar surface area (TPSA) is 61.4 Å². The first-order valence-electron chi connectivity index (χ1n) is 9.17. The summed E-state index contributed by atoms with van der Waals surface area (Å²) in [5.41, 5.74) is 1.14. The van der Waals surface area contributed by atoms with E-state index in [1.165, 1.54) is 29.2 Å². The van der Waals surface area contributed by atoms with E-state index in [0.717, 1.165) is 25.0 Å². The van der Waals surface area contributed by atoms with E-state index >= 15 is 0 Å². The van der Waals surface area contributed by atoms with Gasteiger partial charge in [0.15, 0.2) is 11.6 Å². The minimum absolute atomic E-state index is 0.00882. The Morgan fingerprint density at radius 2 is 1.86 bits per heavy atom. The second kappa shape index (κ2) is 7.27. The molecule has 8 heteroatoms. The van der Waals surface area contributed by atoms with Crippen molar-refractivity contribution in [3.63, 3.8) is 0 Å². The molecule has 0 bridgehead atoms. The Hall–Kier alpha value is -3.29. The van der Waals surface area contributed by atoms with Crippen molar-refractivity contribution in [3.8, 4) is 0 Å². The molecule has 1 atom stereocenters. The molecule has 2 aliphatic rings. The number of benzene rings is 2. The summed E-state index contributed by atoms with van der Waals surface area (Å²) in [6, 6.07) is 7.41. The van der Waals surface area contributed by atoms with E-state index in [1.807, 2.05) is 0 Å². The Bertz CT molecular complexity index is 1030. The second-order valence-corrected chi connectivity index (χ2v) is 7.12. The fourth-order valence-corrected chi connectivity index (χ4v) is 3.53. The van der Waals surface area contributed by atoms with Gasteiger partial charge in [0.2, 0.25) is 0 Å². The Balaban J connectivity index is 1.74. The van der Waals surface area contributed by atoms with Gasteiger partial charge in [0.05, 0.1) is 11.6 Å². The predicted octanol–water partition coefficient (Wildman–Crippen LogP) is 4.25. The van der Waals surface area contributed by atoms with Crippen molar-refractivity contribution in [2.75, 3.05) is 5.32 Å². The summed E-state index contributed by atoms with van der Waals surface area (Å²) in [5, 5.41) is 5.31. The molecule has 1 fully saturated rings. The maximum absolute atomic E-state index is 13.8. The van der Waals surface area contributed by atoms with E-state index in [9.17, 15) is 22.8 Å². The van der Waals surface area contributed by atoms with Crippen molar-refractivity contribution < 1.29 is 22.8 Å². The van der Waals surface area contributed by atoms with Gasteiger partial charge in [-0.3, -0.25) is 9.69 Å². The molecule has 0 spiro atoms. The van der Waals surface area contributed by atoms with Crippen LogP contribution in [0.15, 0.2) is 53.7 Å². The van der Waals surface area contributed by atoms with Crippen LogP contribution in [-0.4, -0.2) is 22.9 Å². The molecule has 5 nitrogen and oxygen atoms in total. The van der Waals surface area contributed by atoms with Gasteiger partial charge in [-0.1, -0.05) is 12.1 Å². The highest BCUT2D eigenvalue weighted by Gasteiger charge is 2.42. The quantitative estimate of drug-likeness (QED) is 0.805. The molecule has 150 valence electrons. The van der Waals surface area contributed by atoms with E-state index in [0.29, 0.717) is 11.3 Å². The van der Waals surface area contributed by atoms with Crippen LogP contribution in [0.1, 0.15) is 31.4 Å². The average Bonchev–Trinajstić information content (AvgIpc) is 3.49. The number of allylic oxidation sites excluding steroid dienone is 1. The zero-order valence-electron chi connectivity index (χ0n) is 15.5. The number of amides is 3. The Morgan fingerprint density at radius 1 is 1.10 bits per heavy atom. The van der Waals surface area contributed by atoms with Crippen LogP contribution in [0.2, 0.25) is 0 Å². The molecule has 0 radical (unpaired) electrons. The van der Waals surface area contributed by atoms with Crippen molar-refractivity contribution in [1.29, 1.82) is 0 Å². The fourth-order valence-electron chi connectivity index (χ4n) is 3.53. The van der Waals surface area contributed by atoms with Crippen LogP contribution in [0.5, 0.6) is 0 Å². The van der Waals surface area contributed by atoms with Crippen LogP contribution in [0, 0.1) is 17.5 Å². The average molecular weight is 401 g/mol. The first-order valence-corrected chi connectivity index (χ1v) is 9.17. The van der Waals surface area contributed by atoms with E-state index in [4.69, 9.17) is 0 Å². The summed E-state index contributed by atoms with van der Waals surface area (Å²) < 4.78 is 40.5. The first-order chi connectivity index (χ1) is 13.8. The molecule has 0 unspecified atom stereocenters. The summed E-state index contributed by atoms with van der Waals surface area (Å²) in [4.78, 5) is 27.2. The van der Waals surface area contributed by atoms with Crippen LogP contribution >= 0.6 is 0 Å². The summed E-state index contributed by atoms with van der Waals surface area (Å²) in [6.07, 6.45) is 1.65. The number of nitrogens with zero attached hydrogens (tertiary/aromatic N) is 1. The third-order valence-electron chi connectivity index (χ3n) is 5.04. The molecule has 29 heavy (non-hydrogen) atoms. The molecule has 0 aromatic heterocycles. The first kappa shape index (κ1) is 19.0. The Labute approximate surface area is 165 Å². The van der Waals surface area contributed by atoms with E-state index < -0.39 is 29.4 Å². The highest BCUT2D eigenvalue weighted by Crippen LogP contribution is 2.38. The number of carbonyl (C=O) groups is 2. The summed E-state index contributed by atoms with van der Waals surface area (Å²) in [5.74, 6) is -3.21. The summed E-state index contributed by atoms with van der Waals surface area (Å²) >= 11 is 0. The molecular weight excluding hydrogens is 383 g/mol. The minimum Gasteiger partial charge on any atom is -0.326 e. The number of anilines is 1. The van der Waals surface area contributed by atoms with E-state index in [1.54, 1.807) is 13.0 Å². The van der Waals surface area contributed by atoms with Gasteiger partial charge < -0.3 is 10.6 Å². The number of rotatable bonds is 4. The zero-order chi connectivity index (χ0) is 20.7. The lowest BCUT2D eigenvalue weighted by Crippen LogP contribution is -2.49. The maximum Gasteiger partial charge on any atom is 0.322 e. The van der Waals surface area contributed by atoms with Crippen molar-refractivity contribution >= 4 is 17.6 Å². The van der Waals surface area contributed by atoms with E-state index in [2.05, 4.69) is 10.6 Å². The fraction of sp³-hybridized carbons (Fsp3) is 0.238. The lowest BCUT2D eigenvalue weighted by molar-refractivity contribution is -0.113. The van der Waals surface area contributed by atoms with Gasteiger partial charge >= 0.3 is 6.03 Å². The molecule has 2 aromatic carbocycles. The number of hydrogen-bond donors (Lipinski definition) is 2. The standard InChI is InChI=1S/C21H18F3N3O2/c1-11-18(20(28)25-14-5-8-16(23)17(24)10-14)19(12-3-2-4-13(22)9-12)26-21(29)27(11)15-6-7-15/h2-5,8-10,15,19H,6-7H2,1H3,(H,25,28)(H,26,29)/t19-/m0/s1. The molecule has 2 aromatic rings. The minimum atomic E-state index is -1.09. The summed E-state index contributed by atoms with van der Waals surface area (Å²) in [6.45, 7) is 1.66. The van der Waals surface area contributed by atoms with Gasteiger partial charge in [0.25, 0.3) is 5.91 Å². The van der Waals surface area contributed by atoms with Crippen LogP contribution in [0.4, 0.5) is 23.7 Å². The summed E-state index contributed by atoms with van der Waals surface area (Å²) in [7, 11) is 0. The number of carbonyl (C=O) groups excluding carboxylic acids is 2. The molecule has 1 saturated carbocycles. The van der Waals surface area contributed by atoms with Crippen molar-refractivity contribution in [2.45, 2.75) is 31.8 Å². The van der Waals surface area contributed by atoms with Gasteiger partial charge in [-0.05, 0) is 49.6 Å². The molecular formula is C21H18F3N3O2. The molecule has 4 rings (SSSR count). The highest BCUT2D eigenvalue weighted by molar-refractivity contribution is 6.06. The van der Waals surface area contributed by atoms with Gasteiger partial charge in [-0.25, -0.2) is 18.0 Å². The molecule has 3 amide bonds. The third-order valence-corrected chi connectivity index (χ3v) is 5.04. The maximum atomic E-state index is 13.8. The van der Waals surface area contributed by atoms with Crippen molar-refractivity contribution in [1.82, 2.24) is 10.2 Å². The number of urea groups is 1. The third kappa shape index (κ3) is 3.70. The number of hydrogen-bond acceptors (Lipinski definition) is 2. The second-order valence-electron chi connectivity index (χ2n) is 7.12. The van der Waals surface area contributed by atoms with Crippen molar-refractivity contribution in [3.05, 3.63) is 76.7 Å². The van der Waals surface area contributed by atoms with Crippen LogP contribution in [-0.2, 0) is 4.79 Å². The molecule has 1 heterocycles. The van der Waals surface area contributed by atoms with Gasteiger partial charge in [0.1, 0.15) is 5.82 Å². The largest absolute Gasteiger partial charge is 0.326 e. The zero-order valence-corrected chi connectivity index (χ0v) is 15.5. The van der Waals surface area contributed by atoms with Gasteiger partial charge in [-0.2, -0.15) is 0 Å². The molecule has 1 aliphatic carbocycles. The monoisotopic (exact) mass is 401 g/mol. The SMILES string of the molecule is CC1=C(C(=O)Nc2ccc(F)c(F)c2)[C@H](c2cccc(F)c2)NC(=O)N1C1CC1. The smallest absolute Gasteiger partial charge is 0.322 e. The van der Waals surface area contributed by atoms with E-state index in [-0.39, 0.29) is 23.3 Å². The molecule has 1 aliphatic heterocycles. The highest BCUT2D eigenvalue weighted by atomic mass is 19.2. The molecule has 2 N–H and O–H groups in total. The van der Waals surface area contributed by atoms with Crippen molar-refractivity contribution in [2.24, 2.45) is 0 Å².